The third-order valence-corrected chi connectivity index (χ3v) is 7.64. The van der Waals surface area contributed by atoms with Gasteiger partial charge in [-0.2, -0.15) is 14.5 Å². The molecule has 2 unspecified atom stereocenters. The molecule has 4 rings (SSSR count). The number of rotatable bonds is 5. The van der Waals surface area contributed by atoms with Crippen LogP contribution < -0.4 is 5.32 Å². The molecule has 27 heavy (non-hydrogen) atoms. The van der Waals surface area contributed by atoms with Crippen LogP contribution in [0.3, 0.4) is 0 Å². The number of ether oxygens (including phenoxy) is 2. The lowest BCUT2D eigenvalue weighted by Crippen LogP contribution is -2.48. The second kappa shape index (κ2) is 7.42. The van der Waals surface area contributed by atoms with Gasteiger partial charge in [0, 0.05) is 19.6 Å². The maximum Gasteiger partial charge on any atom is 0.253 e. The summed E-state index contributed by atoms with van der Waals surface area (Å²) in [6, 6.07) is 1.60. The highest BCUT2D eigenvalue weighted by atomic mass is 32.2. The Morgan fingerprint density at radius 1 is 1.33 bits per heavy atom. The minimum Gasteiger partial charge on any atom is -0.377 e. The highest BCUT2D eigenvalue weighted by Crippen LogP contribution is 2.37. The van der Waals surface area contributed by atoms with Crippen molar-refractivity contribution >= 4 is 15.9 Å². The minimum absolute atomic E-state index is 0.170. The normalized spacial score (nSPS) is 29.6. The summed E-state index contributed by atoms with van der Waals surface area (Å²) in [4.78, 5) is 12.1. The summed E-state index contributed by atoms with van der Waals surface area (Å²) in [7, 11) is -3.26. The first-order chi connectivity index (χ1) is 13.0. The van der Waals surface area contributed by atoms with Crippen molar-refractivity contribution in [2.75, 3.05) is 32.8 Å². The van der Waals surface area contributed by atoms with Gasteiger partial charge in [-0.25, -0.2) is 8.42 Å². The van der Waals surface area contributed by atoms with Crippen molar-refractivity contribution in [2.24, 2.45) is 0 Å². The molecule has 3 fully saturated rings. The topological polar surface area (TPSA) is 111 Å². The van der Waals surface area contributed by atoms with Crippen LogP contribution >= 0.6 is 0 Å². The maximum absolute atomic E-state index is 12.6. The van der Waals surface area contributed by atoms with Crippen LogP contribution in [0.5, 0.6) is 0 Å². The van der Waals surface area contributed by atoms with Crippen LogP contribution in [0.15, 0.2) is 18.5 Å². The minimum atomic E-state index is -3.26. The number of carbonyl (C=O) groups is 1. The maximum atomic E-state index is 12.6. The van der Waals surface area contributed by atoms with Gasteiger partial charge in [0.2, 0.25) is 10.0 Å². The molecule has 9 nitrogen and oxygen atoms in total. The van der Waals surface area contributed by atoms with Crippen molar-refractivity contribution in [2.45, 2.75) is 42.6 Å². The van der Waals surface area contributed by atoms with Crippen LogP contribution in [0.1, 0.15) is 36.0 Å². The predicted molar refractivity (Wildman–Crippen MR) is 95.5 cm³/mol. The molecule has 1 saturated carbocycles. The van der Waals surface area contributed by atoms with E-state index in [-0.39, 0.29) is 17.3 Å². The molecule has 1 aliphatic carbocycles. The van der Waals surface area contributed by atoms with Crippen molar-refractivity contribution in [3.8, 4) is 0 Å². The molecular formula is C17H24N4O5S. The first kappa shape index (κ1) is 18.7. The molecule has 2 aliphatic heterocycles. The number of nitrogens with one attached hydrogen (secondary N) is 1. The molecule has 0 radical (unpaired) electrons. The summed E-state index contributed by atoms with van der Waals surface area (Å²) < 4.78 is 38.7. The third kappa shape index (κ3) is 4.13. The molecule has 148 valence electrons. The number of carbonyl (C=O) groups excluding carboxylic acids is 1. The van der Waals surface area contributed by atoms with E-state index in [0.717, 1.165) is 19.3 Å². The van der Waals surface area contributed by atoms with E-state index in [0.29, 0.717) is 44.8 Å². The van der Waals surface area contributed by atoms with Crippen molar-refractivity contribution in [3.05, 3.63) is 24.0 Å². The standard InChI is InChI=1S/C17H24N4O5S/c22-16(13-4-6-19-20-9-13)18-10-14-3-5-17(26-14)11-21(7-8-25-12-17)27(23,24)15-1-2-15/h4,6,9,14-15H,1-3,5,7-8,10-12H2,(H,18,22). The lowest BCUT2D eigenvalue weighted by molar-refractivity contribution is -0.0803. The number of hydrogen-bond donors (Lipinski definition) is 1. The van der Waals surface area contributed by atoms with Crippen LogP contribution in [0.25, 0.3) is 0 Å². The van der Waals surface area contributed by atoms with Gasteiger partial charge in [-0.05, 0) is 31.7 Å². The molecular weight excluding hydrogens is 372 g/mol. The van der Waals surface area contributed by atoms with Gasteiger partial charge in [-0.15, -0.1) is 0 Å². The molecule has 1 aromatic rings. The SMILES string of the molecule is O=C(NCC1CCC2(COCCN(S(=O)(=O)C3CC3)C2)O1)c1ccnnc1. The summed E-state index contributed by atoms with van der Waals surface area (Å²) in [5, 5.41) is 9.95. The molecule has 1 amide bonds. The van der Waals surface area contributed by atoms with Gasteiger partial charge < -0.3 is 14.8 Å². The van der Waals surface area contributed by atoms with Gasteiger partial charge in [0.15, 0.2) is 0 Å². The lowest BCUT2D eigenvalue weighted by Gasteiger charge is -2.31. The average Bonchev–Trinajstić information content (AvgIpc) is 3.48. The fourth-order valence-electron chi connectivity index (χ4n) is 3.66. The Labute approximate surface area is 158 Å². The summed E-state index contributed by atoms with van der Waals surface area (Å²) in [6.07, 6.45) is 5.64. The Bertz CT molecular complexity index is 786. The zero-order valence-electron chi connectivity index (χ0n) is 15.0. The van der Waals surface area contributed by atoms with Crippen LogP contribution in [-0.2, 0) is 19.5 Å². The van der Waals surface area contributed by atoms with E-state index in [2.05, 4.69) is 15.5 Å². The van der Waals surface area contributed by atoms with E-state index >= 15 is 0 Å². The number of nitrogens with zero attached hydrogens (tertiary/aromatic N) is 3. The number of amides is 1. The van der Waals surface area contributed by atoms with Crippen LogP contribution in [-0.4, -0.2) is 78.6 Å². The summed E-state index contributed by atoms with van der Waals surface area (Å²) in [5.74, 6) is -0.232. The molecule has 3 aliphatic rings. The first-order valence-electron chi connectivity index (χ1n) is 9.28. The molecule has 1 spiro atoms. The highest BCUT2D eigenvalue weighted by molar-refractivity contribution is 7.90. The van der Waals surface area contributed by atoms with Crippen molar-refractivity contribution in [3.63, 3.8) is 0 Å². The fraction of sp³-hybridized carbons (Fsp3) is 0.706. The molecule has 0 bridgehead atoms. The molecule has 2 saturated heterocycles. The lowest BCUT2D eigenvalue weighted by atomic mass is 10.0. The van der Waals surface area contributed by atoms with Crippen molar-refractivity contribution < 1.29 is 22.7 Å². The average molecular weight is 396 g/mol. The zero-order chi connectivity index (χ0) is 18.9. The molecule has 0 aromatic carbocycles. The van der Waals surface area contributed by atoms with Crippen LogP contribution in [0, 0.1) is 0 Å². The number of hydrogen-bond acceptors (Lipinski definition) is 7. The Morgan fingerprint density at radius 3 is 2.93 bits per heavy atom. The monoisotopic (exact) mass is 396 g/mol. The van der Waals surface area contributed by atoms with Crippen molar-refractivity contribution in [1.82, 2.24) is 19.8 Å². The first-order valence-corrected chi connectivity index (χ1v) is 10.8. The molecule has 10 heteroatoms. The van der Waals surface area contributed by atoms with Gasteiger partial charge in [-0.3, -0.25) is 4.79 Å². The Hall–Kier alpha value is -1.62. The Morgan fingerprint density at radius 2 is 2.19 bits per heavy atom. The molecule has 2 atom stereocenters. The van der Waals surface area contributed by atoms with Crippen LogP contribution in [0.4, 0.5) is 0 Å². The van der Waals surface area contributed by atoms with Gasteiger partial charge in [-0.1, -0.05) is 0 Å². The van der Waals surface area contributed by atoms with Gasteiger partial charge in [0.1, 0.15) is 5.60 Å². The van der Waals surface area contributed by atoms with Gasteiger partial charge in [0.25, 0.3) is 5.91 Å². The second-order valence-electron chi connectivity index (χ2n) is 7.43. The number of sulfonamides is 1. The van der Waals surface area contributed by atoms with E-state index in [4.69, 9.17) is 9.47 Å². The van der Waals surface area contributed by atoms with Crippen molar-refractivity contribution in [1.29, 1.82) is 0 Å². The van der Waals surface area contributed by atoms with E-state index in [9.17, 15) is 13.2 Å². The summed E-state index contributed by atoms with van der Waals surface area (Å²) in [5.41, 5.74) is -0.191. The van der Waals surface area contributed by atoms with E-state index in [1.807, 2.05) is 0 Å². The quantitative estimate of drug-likeness (QED) is 0.743. The predicted octanol–water partition coefficient (Wildman–Crippen LogP) is -0.0514. The van der Waals surface area contributed by atoms with Gasteiger partial charge in [0.05, 0.1) is 42.5 Å². The van der Waals surface area contributed by atoms with E-state index in [1.54, 1.807) is 10.4 Å². The fourth-order valence-corrected chi connectivity index (χ4v) is 5.56. The largest absolute Gasteiger partial charge is 0.377 e. The van der Waals surface area contributed by atoms with Gasteiger partial charge >= 0.3 is 0 Å². The zero-order valence-corrected chi connectivity index (χ0v) is 15.9. The Kier molecular flexibility index (Phi) is 5.15. The third-order valence-electron chi connectivity index (χ3n) is 5.30. The molecule has 3 heterocycles. The smallest absolute Gasteiger partial charge is 0.253 e. The summed E-state index contributed by atoms with van der Waals surface area (Å²) in [6.45, 7) is 1.82. The Balaban J connectivity index is 1.36. The van der Waals surface area contributed by atoms with Crippen LogP contribution in [0.2, 0.25) is 0 Å². The van der Waals surface area contributed by atoms with E-state index < -0.39 is 15.6 Å². The highest BCUT2D eigenvalue weighted by Gasteiger charge is 2.48. The summed E-state index contributed by atoms with van der Waals surface area (Å²) >= 11 is 0. The van der Waals surface area contributed by atoms with E-state index in [1.165, 1.54) is 12.4 Å². The molecule has 1 aromatic heterocycles. The second-order valence-corrected chi connectivity index (χ2v) is 9.65. The number of aromatic nitrogens is 2. The molecule has 1 N–H and O–H groups in total.